The number of benzene rings is 1. The standard InChI is InChI=1S/C20H22F3N3O2S/c1-12(2)7-8-16-24-15(11-29-16)10-26-17(27)19(3,25-18(26)28)13-5-4-6-14(9-13)20(21,22)23/h4-6,9,11-12H,7-8,10H2,1-3H3,(H,25,28). The average molecular weight is 425 g/mol. The minimum absolute atomic E-state index is 0.0165. The minimum atomic E-state index is -4.54. The Labute approximate surface area is 170 Å². The van der Waals surface area contributed by atoms with Gasteiger partial charge in [0.15, 0.2) is 0 Å². The van der Waals surface area contributed by atoms with Crippen LogP contribution in [0.15, 0.2) is 29.6 Å². The molecule has 29 heavy (non-hydrogen) atoms. The molecule has 3 rings (SSSR count). The fraction of sp³-hybridized carbons (Fsp3) is 0.450. The molecule has 1 aliphatic rings. The highest BCUT2D eigenvalue weighted by molar-refractivity contribution is 7.09. The molecule has 2 aromatic rings. The molecule has 0 saturated carbocycles. The van der Waals surface area contributed by atoms with E-state index in [9.17, 15) is 22.8 Å². The van der Waals surface area contributed by atoms with Crippen molar-refractivity contribution in [1.82, 2.24) is 15.2 Å². The Kier molecular flexibility index (Phi) is 5.71. The van der Waals surface area contributed by atoms with Crippen molar-refractivity contribution < 1.29 is 22.8 Å². The van der Waals surface area contributed by atoms with Crippen molar-refractivity contribution in [1.29, 1.82) is 0 Å². The second kappa shape index (κ2) is 7.78. The molecule has 1 aromatic heterocycles. The first-order valence-corrected chi connectivity index (χ1v) is 10.1. The predicted octanol–water partition coefficient (Wildman–Crippen LogP) is 4.72. The van der Waals surface area contributed by atoms with Crippen LogP contribution in [-0.4, -0.2) is 21.8 Å². The number of carbonyl (C=O) groups excluding carboxylic acids is 2. The fourth-order valence-corrected chi connectivity index (χ4v) is 3.96. The number of aromatic nitrogens is 1. The quantitative estimate of drug-likeness (QED) is 0.682. The van der Waals surface area contributed by atoms with Gasteiger partial charge in [0.1, 0.15) is 5.54 Å². The summed E-state index contributed by atoms with van der Waals surface area (Å²) in [6.07, 6.45) is -2.72. The molecule has 9 heteroatoms. The maximum absolute atomic E-state index is 13.0. The number of alkyl halides is 3. The van der Waals surface area contributed by atoms with Gasteiger partial charge in [-0.3, -0.25) is 9.69 Å². The maximum Gasteiger partial charge on any atom is 0.416 e. The lowest BCUT2D eigenvalue weighted by molar-refractivity contribution is -0.138. The number of nitrogens with one attached hydrogen (secondary N) is 1. The third-order valence-electron chi connectivity index (χ3n) is 4.90. The summed E-state index contributed by atoms with van der Waals surface area (Å²) in [7, 11) is 0. The number of amides is 3. The summed E-state index contributed by atoms with van der Waals surface area (Å²) < 4.78 is 39.1. The number of thiazole rings is 1. The molecule has 0 aliphatic carbocycles. The van der Waals surface area contributed by atoms with Crippen LogP contribution in [0.3, 0.4) is 0 Å². The lowest BCUT2D eigenvalue weighted by Crippen LogP contribution is -2.41. The highest BCUT2D eigenvalue weighted by Gasteiger charge is 2.49. The summed E-state index contributed by atoms with van der Waals surface area (Å²) in [6, 6.07) is 3.82. The van der Waals surface area contributed by atoms with Gasteiger partial charge in [-0.15, -0.1) is 11.3 Å². The third kappa shape index (κ3) is 4.44. The van der Waals surface area contributed by atoms with E-state index in [-0.39, 0.29) is 12.1 Å². The minimum Gasteiger partial charge on any atom is -0.319 e. The molecule has 0 bridgehead atoms. The van der Waals surface area contributed by atoms with Crippen molar-refractivity contribution in [3.8, 4) is 0 Å². The van der Waals surface area contributed by atoms with Gasteiger partial charge in [0, 0.05) is 5.38 Å². The average Bonchev–Trinajstić information content (AvgIpc) is 3.18. The normalized spacial score (nSPS) is 19.9. The number of carbonyl (C=O) groups is 2. The molecule has 0 spiro atoms. The van der Waals surface area contributed by atoms with Crippen molar-refractivity contribution in [3.05, 3.63) is 51.5 Å². The van der Waals surface area contributed by atoms with Gasteiger partial charge in [0.2, 0.25) is 0 Å². The van der Waals surface area contributed by atoms with E-state index in [1.807, 2.05) is 0 Å². The number of aryl methyl sites for hydroxylation is 1. The van der Waals surface area contributed by atoms with Crippen LogP contribution in [0.2, 0.25) is 0 Å². The van der Waals surface area contributed by atoms with Gasteiger partial charge < -0.3 is 5.32 Å². The molecule has 1 saturated heterocycles. The number of nitrogens with zero attached hydrogens (tertiary/aromatic N) is 2. The summed E-state index contributed by atoms with van der Waals surface area (Å²) in [5.41, 5.74) is -1.75. The van der Waals surface area contributed by atoms with Crippen LogP contribution in [0.4, 0.5) is 18.0 Å². The lowest BCUT2D eigenvalue weighted by atomic mass is 9.90. The van der Waals surface area contributed by atoms with Gasteiger partial charge in [0.25, 0.3) is 5.91 Å². The van der Waals surface area contributed by atoms with Gasteiger partial charge in [-0.25, -0.2) is 9.78 Å². The highest BCUT2D eigenvalue weighted by Crippen LogP contribution is 2.35. The molecule has 156 valence electrons. The van der Waals surface area contributed by atoms with Crippen LogP contribution in [0, 0.1) is 5.92 Å². The number of hydrogen-bond acceptors (Lipinski definition) is 4. The Morgan fingerprint density at radius 2 is 2.00 bits per heavy atom. The zero-order valence-electron chi connectivity index (χ0n) is 16.3. The Bertz CT molecular complexity index is 926. The number of halogens is 3. The number of urea groups is 1. The van der Waals surface area contributed by atoms with Crippen molar-refractivity contribution in [2.45, 2.75) is 51.9 Å². The fourth-order valence-electron chi connectivity index (χ4n) is 3.15. The summed E-state index contributed by atoms with van der Waals surface area (Å²) in [5.74, 6) is -0.0555. The molecule has 5 nitrogen and oxygen atoms in total. The topological polar surface area (TPSA) is 62.3 Å². The Morgan fingerprint density at radius 3 is 2.66 bits per heavy atom. The first-order valence-electron chi connectivity index (χ1n) is 9.26. The molecular weight excluding hydrogens is 403 g/mol. The van der Waals surface area contributed by atoms with Crippen LogP contribution in [0.1, 0.15) is 49.0 Å². The van der Waals surface area contributed by atoms with E-state index >= 15 is 0 Å². The van der Waals surface area contributed by atoms with Gasteiger partial charge in [-0.05, 0) is 43.4 Å². The van der Waals surface area contributed by atoms with Gasteiger partial charge in [-0.1, -0.05) is 26.0 Å². The SMILES string of the molecule is CC(C)CCc1nc(CN2C(=O)NC(C)(c3cccc(C(F)(F)F)c3)C2=O)cs1. The summed E-state index contributed by atoms with van der Waals surface area (Å²) in [4.78, 5) is 30.9. The van der Waals surface area contributed by atoms with Crippen molar-refractivity contribution in [3.63, 3.8) is 0 Å². The first kappa shape index (κ1) is 21.3. The lowest BCUT2D eigenvalue weighted by Gasteiger charge is -2.23. The number of hydrogen-bond donors (Lipinski definition) is 1. The largest absolute Gasteiger partial charge is 0.416 e. The monoisotopic (exact) mass is 425 g/mol. The molecule has 1 aliphatic heterocycles. The van der Waals surface area contributed by atoms with Crippen molar-refractivity contribution in [2.24, 2.45) is 5.92 Å². The summed E-state index contributed by atoms with van der Waals surface area (Å²) in [5, 5.41) is 5.27. The van der Waals surface area contributed by atoms with E-state index in [2.05, 4.69) is 24.1 Å². The highest BCUT2D eigenvalue weighted by atomic mass is 32.1. The summed E-state index contributed by atoms with van der Waals surface area (Å²) >= 11 is 1.47. The number of imide groups is 1. The molecule has 1 atom stereocenters. The second-order valence-electron chi connectivity index (χ2n) is 7.69. The maximum atomic E-state index is 13.0. The Balaban J connectivity index is 1.79. The first-order chi connectivity index (χ1) is 13.5. The molecule has 1 unspecified atom stereocenters. The van der Waals surface area contributed by atoms with Crippen LogP contribution in [-0.2, 0) is 29.5 Å². The van der Waals surface area contributed by atoms with Crippen LogP contribution in [0.5, 0.6) is 0 Å². The molecule has 1 fully saturated rings. The molecular formula is C20H22F3N3O2S. The van der Waals surface area contributed by atoms with E-state index in [1.165, 1.54) is 30.4 Å². The van der Waals surface area contributed by atoms with E-state index in [4.69, 9.17) is 0 Å². The van der Waals surface area contributed by atoms with E-state index in [0.717, 1.165) is 34.9 Å². The zero-order valence-corrected chi connectivity index (χ0v) is 17.2. The molecule has 1 N–H and O–H groups in total. The van der Waals surface area contributed by atoms with Crippen molar-refractivity contribution in [2.75, 3.05) is 0 Å². The Morgan fingerprint density at radius 1 is 1.28 bits per heavy atom. The van der Waals surface area contributed by atoms with Crippen molar-refractivity contribution >= 4 is 23.3 Å². The van der Waals surface area contributed by atoms with Gasteiger partial charge >= 0.3 is 12.2 Å². The molecule has 2 heterocycles. The predicted molar refractivity (Wildman–Crippen MR) is 103 cm³/mol. The molecule has 1 aromatic carbocycles. The van der Waals surface area contributed by atoms with Gasteiger partial charge in [0.05, 0.1) is 22.8 Å². The van der Waals surface area contributed by atoms with Crippen LogP contribution in [0.25, 0.3) is 0 Å². The third-order valence-corrected chi connectivity index (χ3v) is 5.85. The molecule has 3 amide bonds. The Hall–Kier alpha value is -2.42. The zero-order chi connectivity index (χ0) is 21.4. The van der Waals surface area contributed by atoms with E-state index in [0.29, 0.717) is 11.6 Å². The van der Waals surface area contributed by atoms with E-state index in [1.54, 1.807) is 5.38 Å². The van der Waals surface area contributed by atoms with Gasteiger partial charge in [-0.2, -0.15) is 13.2 Å². The second-order valence-corrected chi connectivity index (χ2v) is 8.63. The van der Waals surface area contributed by atoms with Crippen LogP contribution < -0.4 is 5.32 Å². The molecule has 0 radical (unpaired) electrons. The smallest absolute Gasteiger partial charge is 0.319 e. The number of rotatable bonds is 6. The van der Waals surface area contributed by atoms with E-state index < -0.39 is 29.2 Å². The summed E-state index contributed by atoms with van der Waals surface area (Å²) in [6.45, 7) is 5.64. The van der Waals surface area contributed by atoms with Crippen LogP contribution >= 0.6 is 11.3 Å².